The van der Waals surface area contributed by atoms with Gasteiger partial charge in [-0.05, 0) is 67.2 Å². The summed E-state index contributed by atoms with van der Waals surface area (Å²) in [6.45, 7) is 10.5. The van der Waals surface area contributed by atoms with E-state index in [9.17, 15) is 4.79 Å². The molecule has 1 unspecified atom stereocenters. The Morgan fingerprint density at radius 2 is 1.75 bits per heavy atom. The molecule has 0 bridgehead atoms. The van der Waals surface area contributed by atoms with E-state index >= 15 is 0 Å². The van der Waals surface area contributed by atoms with Gasteiger partial charge in [-0.2, -0.15) is 0 Å². The van der Waals surface area contributed by atoms with Gasteiger partial charge in [-0.1, -0.05) is 26.0 Å². The molecule has 0 aliphatic carbocycles. The van der Waals surface area contributed by atoms with E-state index in [-0.39, 0.29) is 11.5 Å². The number of nitrogens with zero attached hydrogens (tertiary/aromatic N) is 1. The second-order valence-corrected chi connectivity index (χ2v) is 6.18. The van der Waals surface area contributed by atoms with Gasteiger partial charge >= 0.3 is 5.97 Å². The van der Waals surface area contributed by atoms with Crippen molar-refractivity contribution in [1.29, 1.82) is 0 Å². The van der Waals surface area contributed by atoms with Gasteiger partial charge in [0, 0.05) is 3.57 Å². The van der Waals surface area contributed by atoms with Crippen LogP contribution in [-0.4, -0.2) is 30.6 Å². The zero-order valence-corrected chi connectivity index (χ0v) is 14.9. The first-order valence-corrected chi connectivity index (χ1v) is 8.22. The summed E-state index contributed by atoms with van der Waals surface area (Å²) in [4.78, 5) is 14.3. The summed E-state index contributed by atoms with van der Waals surface area (Å²) in [5.74, 6) is -0.138. The topological polar surface area (TPSA) is 29.5 Å². The maximum atomic E-state index is 12.0. The molecule has 1 atom stereocenters. The van der Waals surface area contributed by atoms with Gasteiger partial charge < -0.3 is 4.74 Å². The van der Waals surface area contributed by atoms with Gasteiger partial charge in [0.15, 0.2) is 0 Å². The van der Waals surface area contributed by atoms with Gasteiger partial charge in [-0.3, -0.25) is 9.69 Å². The molecule has 0 amide bonds. The Kier molecular flexibility index (Phi) is 6.95. The van der Waals surface area contributed by atoms with Crippen LogP contribution in [0.3, 0.4) is 0 Å². The summed E-state index contributed by atoms with van der Waals surface area (Å²) in [6.07, 6.45) is 0.378. The van der Waals surface area contributed by atoms with E-state index in [4.69, 9.17) is 4.74 Å². The predicted molar refractivity (Wildman–Crippen MR) is 90.7 cm³/mol. The molecular weight excluding hydrogens is 365 g/mol. The van der Waals surface area contributed by atoms with Crippen molar-refractivity contribution < 1.29 is 9.53 Å². The van der Waals surface area contributed by atoms with Crippen molar-refractivity contribution in [2.24, 2.45) is 0 Å². The highest BCUT2D eigenvalue weighted by atomic mass is 127. The number of halogens is 1. The number of hydrogen-bond acceptors (Lipinski definition) is 3. The molecule has 0 radical (unpaired) electrons. The Hall–Kier alpha value is -0.620. The minimum absolute atomic E-state index is 0.138. The Morgan fingerprint density at radius 3 is 2.20 bits per heavy atom. The third-order valence-corrected chi connectivity index (χ3v) is 4.44. The van der Waals surface area contributed by atoms with Gasteiger partial charge in [-0.15, -0.1) is 0 Å². The van der Waals surface area contributed by atoms with Crippen LogP contribution in [-0.2, 0) is 15.1 Å². The van der Waals surface area contributed by atoms with Crippen LogP contribution in [0.1, 0.15) is 39.7 Å². The fourth-order valence-electron chi connectivity index (χ4n) is 2.62. The monoisotopic (exact) mass is 389 g/mol. The molecule has 1 aromatic rings. The quantitative estimate of drug-likeness (QED) is 0.525. The van der Waals surface area contributed by atoms with E-state index in [2.05, 4.69) is 72.5 Å². The van der Waals surface area contributed by atoms with Gasteiger partial charge in [0.2, 0.25) is 0 Å². The van der Waals surface area contributed by atoms with Crippen LogP contribution in [0.4, 0.5) is 0 Å². The average molecular weight is 389 g/mol. The van der Waals surface area contributed by atoms with Crippen LogP contribution >= 0.6 is 22.6 Å². The third-order valence-electron chi connectivity index (χ3n) is 3.72. The molecule has 4 heteroatoms. The van der Waals surface area contributed by atoms with Crippen molar-refractivity contribution in [1.82, 2.24) is 4.90 Å². The number of hydrogen-bond donors (Lipinski definition) is 0. The summed E-state index contributed by atoms with van der Waals surface area (Å²) in [5, 5.41) is 0. The Labute approximate surface area is 135 Å². The zero-order valence-electron chi connectivity index (χ0n) is 12.8. The Morgan fingerprint density at radius 1 is 1.20 bits per heavy atom. The van der Waals surface area contributed by atoms with Crippen LogP contribution in [0.2, 0.25) is 0 Å². The molecule has 0 aliphatic heterocycles. The first kappa shape index (κ1) is 17.4. The van der Waals surface area contributed by atoms with Crippen LogP contribution in [0.25, 0.3) is 0 Å². The number of esters is 1. The Balaban J connectivity index is 3.11. The molecule has 0 aromatic heterocycles. The molecule has 1 aromatic carbocycles. The molecule has 1 rings (SSSR count). The maximum absolute atomic E-state index is 12.0. The summed E-state index contributed by atoms with van der Waals surface area (Å²) < 4.78 is 6.35. The largest absolute Gasteiger partial charge is 0.466 e. The van der Waals surface area contributed by atoms with Crippen LogP contribution < -0.4 is 0 Å². The van der Waals surface area contributed by atoms with Gasteiger partial charge in [0.1, 0.15) is 0 Å². The highest BCUT2D eigenvalue weighted by Crippen LogP contribution is 2.32. The van der Waals surface area contributed by atoms with Crippen LogP contribution in [0.5, 0.6) is 0 Å². The molecule has 0 spiro atoms. The van der Waals surface area contributed by atoms with E-state index in [0.717, 1.165) is 18.7 Å². The highest BCUT2D eigenvalue weighted by Gasteiger charge is 2.35. The van der Waals surface area contributed by atoms with Gasteiger partial charge in [-0.25, -0.2) is 0 Å². The van der Waals surface area contributed by atoms with E-state index in [1.165, 1.54) is 3.57 Å². The predicted octanol–water partition coefficient (Wildman–Crippen LogP) is 3.80. The number of rotatable bonds is 7. The van der Waals surface area contributed by atoms with Crippen molar-refractivity contribution in [2.75, 3.05) is 19.7 Å². The fraction of sp³-hybridized carbons (Fsp3) is 0.562. The summed E-state index contributed by atoms with van der Waals surface area (Å²) >= 11 is 2.29. The fourth-order valence-corrected chi connectivity index (χ4v) is 2.98. The minimum atomic E-state index is -0.319. The van der Waals surface area contributed by atoms with Gasteiger partial charge in [0.25, 0.3) is 0 Å². The van der Waals surface area contributed by atoms with Crippen molar-refractivity contribution in [3.63, 3.8) is 0 Å². The highest BCUT2D eigenvalue weighted by molar-refractivity contribution is 14.1. The standard InChI is InChI=1S/C16H24INO2/c1-5-18(6-2)16(4,12-15(19)20-7-3)13-8-10-14(17)11-9-13/h8-11H,5-7,12H2,1-4H3. The smallest absolute Gasteiger partial charge is 0.307 e. The lowest BCUT2D eigenvalue weighted by Crippen LogP contribution is -2.45. The molecule has 0 N–H and O–H groups in total. The van der Waals surface area contributed by atoms with E-state index in [1.54, 1.807) is 0 Å². The van der Waals surface area contributed by atoms with E-state index in [0.29, 0.717) is 13.0 Å². The average Bonchev–Trinajstić information content (AvgIpc) is 2.40. The zero-order chi connectivity index (χ0) is 15.2. The molecule has 0 aliphatic rings. The molecule has 0 heterocycles. The summed E-state index contributed by atoms with van der Waals surface area (Å²) in [6, 6.07) is 8.39. The molecular formula is C16H24INO2. The first-order chi connectivity index (χ1) is 9.47. The van der Waals surface area contributed by atoms with Crippen molar-refractivity contribution >= 4 is 28.6 Å². The van der Waals surface area contributed by atoms with Crippen LogP contribution in [0, 0.1) is 3.57 Å². The van der Waals surface area contributed by atoms with E-state index in [1.807, 2.05) is 6.92 Å². The molecule has 112 valence electrons. The molecule has 0 saturated heterocycles. The molecule has 20 heavy (non-hydrogen) atoms. The Bertz CT molecular complexity index is 429. The number of carbonyl (C=O) groups excluding carboxylic acids is 1. The van der Waals surface area contributed by atoms with Crippen LogP contribution in [0.15, 0.2) is 24.3 Å². The number of ether oxygens (including phenoxy) is 1. The molecule has 0 saturated carbocycles. The summed E-state index contributed by atoms with van der Waals surface area (Å²) in [7, 11) is 0. The lowest BCUT2D eigenvalue weighted by Gasteiger charge is -2.40. The number of carbonyl (C=O) groups is 1. The molecule has 3 nitrogen and oxygen atoms in total. The van der Waals surface area contributed by atoms with E-state index < -0.39 is 0 Å². The number of benzene rings is 1. The normalized spacial score (nSPS) is 14.1. The van der Waals surface area contributed by atoms with Crippen molar-refractivity contribution in [2.45, 2.75) is 39.7 Å². The summed E-state index contributed by atoms with van der Waals surface area (Å²) in [5.41, 5.74) is 0.842. The SMILES string of the molecule is CCOC(=O)CC(C)(c1ccc(I)cc1)N(CC)CC. The second kappa shape index (κ2) is 7.98. The van der Waals surface area contributed by atoms with Crippen molar-refractivity contribution in [3.8, 4) is 0 Å². The maximum Gasteiger partial charge on any atom is 0.307 e. The third kappa shape index (κ3) is 4.19. The minimum Gasteiger partial charge on any atom is -0.466 e. The van der Waals surface area contributed by atoms with Gasteiger partial charge in [0.05, 0.1) is 18.6 Å². The first-order valence-electron chi connectivity index (χ1n) is 7.14. The molecule has 0 fully saturated rings. The second-order valence-electron chi connectivity index (χ2n) is 4.93. The lowest BCUT2D eigenvalue weighted by atomic mass is 9.86. The van der Waals surface area contributed by atoms with Crippen molar-refractivity contribution in [3.05, 3.63) is 33.4 Å². The lowest BCUT2D eigenvalue weighted by molar-refractivity contribution is -0.146.